The van der Waals surface area contributed by atoms with Crippen LogP contribution in [0.15, 0.2) is 18.2 Å². The van der Waals surface area contributed by atoms with E-state index >= 15 is 0 Å². The summed E-state index contributed by atoms with van der Waals surface area (Å²) in [4.78, 5) is 12.8. The van der Waals surface area contributed by atoms with Crippen LogP contribution >= 0.6 is 0 Å². The van der Waals surface area contributed by atoms with Crippen molar-refractivity contribution in [3.8, 4) is 0 Å². The lowest BCUT2D eigenvalue weighted by Gasteiger charge is -2.22. The molecule has 5 nitrogen and oxygen atoms in total. The number of rotatable bonds is 3. The molecule has 5 heteroatoms. The molecule has 0 bridgehead atoms. The van der Waals surface area contributed by atoms with E-state index in [1.54, 1.807) is 12.1 Å². The molecule has 98 valence electrons. The van der Waals surface area contributed by atoms with Crippen molar-refractivity contribution in [2.45, 2.75) is 32.3 Å². The van der Waals surface area contributed by atoms with Gasteiger partial charge in [0.15, 0.2) is 0 Å². The Morgan fingerprint density at radius 3 is 2.44 bits per heavy atom. The Hall–Kier alpha value is -1.62. The number of aliphatic hydroxyl groups is 1. The molecular formula is C13H18N2O3. The van der Waals surface area contributed by atoms with Crippen molar-refractivity contribution in [2.75, 3.05) is 18.0 Å². The number of benzene rings is 1. The average Bonchev–Trinajstić information content (AvgIpc) is 2.66. The molecule has 0 atom stereocenters. The highest BCUT2D eigenvalue weighted by Crippen LogP contribution is 2.30. The highest BCUT2D eigenvalue weighted by Gasteiger charge is 2.20. The fraction of sp³-hybridized carbons (Fsp3) is 0.538. The molecule has 1 fully saturated rings. The average molecular weight is 250 g/mol. The number of hydrogen-bond acceptors (Lipinski definition) is 4. The topological polar surface area (TPSA) is 66.6 Å². The molecule has 0 unspecified atom stereocenters. The standard InChI is InChI=1S/C13H18N2O3/c16-10-11-5-6-12(13(9-11)15(17)18)14-7-3-1-2-4-8-14/h5-6,9,16H,1-4,7-8,10H2. The molecule has 1 aromatic carbocycles. The Labute approximate surface area is 106 Å². The molecule has 0 aliphatic carbocycles. The van der Waals surface area contributed by atoms with Gasteiger partial charge in [-0.1, -0.05) is 18.9 Å². The first-order chi connectivity index (χ1) is 8.72. The molecule has 1 aromatic rings. The number of aliphatic hydroxyl groups excluding tert-OH is 1. The van der Waals surface area contributed by atoms with E-state index < -0.39 is 0 Å². The summed E-state index contributed by atoms with van der Waals surface area (Å²) in [6.45, 7) is 1.58. The molecule has 0 spiro atoms. The summed E-state index contributed by atoms with van der Waals surface area (Å²) >= 11 is 0. The van der Waals surface area contributed by atoms with Crippen LogP contribution in [0.25, 0.3) is 0 Å². The van der Waals surface area contributed by atoms with E-state index in [-0.39, 0.29) is 17.2 Å². The maximum absolute atomic E-state index is 11.1. The van der Waals surface area contributed by atoms with Crippen LogP contribution in [0, 0.1) is 10.1 Å². The van der Waals surface area contributed by atoms with Gasteiger partial charge in [0.05, 0.1) is 11.5 Å². The monoisotopic (exact) mass is 250 g/mol. The van der Waals surface area contributed by atoms with E-state index in [1.165, 1.54) is 18.9 Å². The highest BCUT2D eigenvalue weighted by molar-refractivity contribution is 5.64. The third kappa shape index (κ3) is 2.79. The van der Waals surface area contributed by atoms with Gasteiger partial charge < -0.3 is 10.0 Å². The van der Waals surface area contributed by atoms with Crippen LogP contribution < -0.4 is 4.90 Å². The smallest absolute Gasteiger partial charge is 0.292 e. The molecule has 2 rings (SSSR count). The van der Waals surface area contributed by atoms with E-state index in [0.29, 0.717) is 11.3 Å². The predicted molar refractivity (Wildman–Crippen MR) is 69.7 cm³/mol. The molecule has 1 aliphatic rings. The molecule has 1 heterocycles. The fourth-order valence-corrected chi connectivity index (χ4v) is 2.39. The Morgan fingerprint density at radius 2 is 1.89 bits per heavy atom. The van der Waals surface area contributed by atoms with Gasteiger partial charge in [-0.25, -0.2) is 0 Å². The van der Waals surface area contributed by atoms with Gasteiger partial charge in [0.2, 0.25) is 0 Å². The summed E-state index contributed by atoms with van der Waals surface area (Å²) < 4.78 is 0. The zero-order valence-electron chi connectivity index (χ0n) is 10.3. The third-order valence-electron chi connectivity index (χ3n) is 3.37. The summed E-state index contributed by atoms with van der Waals surface area (Å²) in [5.74, 6) is 0. The number of nitrogens with zero attached hydrogens (tertiary/aromatic N) is 2. The molecule has 0 radical (unpaired) electrons. The molecular weight excluding hydrogens is 232 g/mol. The van der Waals surface area contributed by atoms with Crippen molar-refractivity contribution < 1.29 is 10.0 Å². The summed E-state index contributed by atoms with van der Waals surface area (Å²) in [5.41, 5.74) is 1.36. The van der Waals surface area contributed by atoms with Crippen molar-refractivity contribution in [1.29, 1.82) is 0 Å². The largest absolute Gasteiger partial charge is 0.392 e. The van der Waals surface area contributed by atoms with Gasteiger partial charge in [0.25, 0.3) is 5.69 Å². The zero-order valence-corrected chi connectivity index (χ0v) is 10.3. The van der Waals surface area contributed by atoms with Crippen LogP contribution in [-0.4, -0.2) is 23.1 Å². The summed E-state index contributed by atoms with van der Waals surface area (Å²) in [6, 6.07) is 4.99. The summed E-state index contributed by atoms with van der Waals surface area (Å²) in [6.07, 6.45) is 4.55. The molecule has 18 heavy (non-hydrogen) atoms. The Morgan fingerprint density at radius 1 is 1.22 bits per heavy atom. The van der Waals surface area contributed by atoms with Gasteiger partial charge in [-0.3, -0.25) is 10.1 Å². The van der Waals surface area contributed by atoms with E-state index in [4.69, 9.17) is 5.11 Å². The van der Waals surface area contributed by atoms with Crippen molar-refractivity contribution in [3.63, 3.8) is 0 Å². The second-order valence-electron chi connectivity index (χ2n) is 4.64. The maximum atomic E-state index is 11.1. The molecule has 0 aromatic heterocycles. The van der Waals surface area contributed by atoms with Crippen LogP contribution in [0.2, 0.25) is 0 Å². The quantitative estimate of drug-likeness (QED) is 0.661. The van der Waals surface area contributed by atoms with Gasteiger partial charge in [-0.05, 0) is 24.5 Å². The van der Waals surface area contributed by atoms with Crippen molar-refractivity contribution in [3.05, 3.63) is 33.9 Å². The van der Waals surface area contributed by atoms with Gasteiger partial charge in [0.1, 0.15) is 5.69 Å². The lowest BCUT2D eigenvalue weighted by atomic mass is 10.1. The van der Waals surface area contributed by atoms with Gasteiger partial charge >= 0.3 is 0 Å². The van der Waals surface area contributed by atoms with E-state index in [0.717, 1.165) is 25.9 Å². The van der Waals surface area contributed by atoms with Crippen molar-refractivity contribution in [1.82, 2.24) is 0 Å². The summed E-state index contributed by atoms with van der Waals surface area (Å²) in [7, 11) is 0. The normalized spacial score (nSPS) is 16.4. The van der Waals surface area contributed by atoms with Gasteiger partial charge in [-0.15, -0.1) is 0 Å². The lowest BCUT2D eigenvalue weighted by molar-refractivity contribution is -0.384. The van der Waals surface area contributed by atoms with Crippen LogP contribution in [0.1, 0.15) is 31.2 Å². The predicted octanol–water partition coefficient (Wildman–Crippen LogP) is 2.47. The second-order valence-corrected chi connectivity index (χ2v) is 4.64. The van der Waals surface area contributed by atoms with Crippen LogP contribution in [0.3, 0.4) is 0 Å². The second kappa shape index (κ2) is 5.82. The maximum Gasteiger partial charge on any atom is 0.292 e. The minimum Gasteiger partial charge on any atom is -0.392 e. The Kier molecular flexibility index (Phi) is 4.15. The first-order valence-corrected chi connectivity index (χ1v) is 6.35. The highest BCUT2D eigenvalue weighted by atomic mass is 16.6. The fourth-order valence-electron chi connectivity index (χ4n) is 2.39. The minimum absolute atomic E-state index is 0.100. The Balaban J connectivity index is 2.32. The number of anilines is 1. The lowest BCUT2D eigenvalue weighted by Crippen LogP contribution is -2.24. The molecule has 1 N–H and O–H groups in total. The first-order valence-electron chi connectivity index (χ1n) is 6.35. The minimum atomic E-state index is -0.362. The number of nitro groups is 1. The van der Waals surface area contributed by atoms with Crippen LogP contribution in [-0.2, 0) is 6.61 Å². The third-order valence-corrected chi connectivity index (χ3v) is 3.37. The van der Waals surface area contributed by atoms with Gasteiger partial charge in [0, 0.05) is 19.2 Å². The molecule has 1 aliphatic heterocycles. The van der Waals surface area contributed by atoms with Crippen molar-refractivity contribution >= 4 is 11.4 Å². The molecule has 0 amide bonds. The SMILES string of the molecule is O=[N+]([O-])c1cc(CO)ccc1N1CCCCCC1. The molecule has 1 saturated heterocycles. The van der Waals surface area contributed by atoms with Crippen molar-refractivity contribution in [2.24, 2.45) is 0 Å². The van der Waals surface area contributed by atoms with E-state index in [9.17, 15) is 10.1 Å². The zero-order chi connectivity index (χ0) is 13.0. The number of hydrogen-bond donors (Lipinski definition) is 1. The first kappa shape index (κ1) is 12.8. The molecule has 0 saturated carbocycles. The van der Waals surface area contributed by atoms with E-state index in [1.807, 2.05) is 0 Å². The Bertz CT molecular complexity index is 426. The van der Waals surface area contributed by atoms with Crippen LogP contribution in [0.4, 0.5) is 11.4 Å². The number of nitro benzene ring substituents is 1. The van der Waals surface area contributed by atoms with E-state index in [2.05, 4.69) is 4.90 Å². The van der Waals surface area contributed by atoms with Crippen LogP contribution in [0.5, 0.6) is 0 Å². The summed E-state index contributed by atoms with van der Waals surface area (Å²) in [5, 5.41) is 20.2. The van der Waals surface area contributed by atoms with Gasteiger partial charge in [-0.2, -0.15) is 0 Å².